The zero-order valence-corrected chi connectivity index (χ0v) is 16.1. The molecule has 0 bridgehead atoms. The molecule has 5 heteroatoms. The predicted octanol–water partition coefficient (Wildman–Crippen LogP) is 3.10. The van der Waals surface area contributed by atoms with E-state index in [1.165, 1.54) is 7.11 Å². The molecule has 0 fully saturated rings. The van der Waals surface area contributed by atoms with Gasteiger partial charge in [0.05, 0.1) is 13.7 Å². The Morgan fingerprint density at radius 3 is 2.59 bits per heavy atom. The van der Waals surface area contributed by atoms with Crippen LogP contribution in [0.5, 0.6) is 0 Å². The number of nitrogens with zero attached hydrogens (tertiary/aromatic N) is 1. The van der Waals surface area contributed by atoms with Crippen LogP contribution in [0.15, 0.2) is 42.5 Å². The van der Waals surface area contributed by atoms with E-state index in [0.717, 1.165) is 34.4 Å². The highest BCUT2D eigenvalue weighted by Crippen LogP contribution is 2.25. The smallest absolute Gasteiger partial charge is 0.323 e. The molecule has 0 spiro atoms. The zero-order chi connectivity index (χ0) is 19.4. The molecule has 142 valence electrons. The molecule has 0 unspecified atom stereocenters. The quantitative estimate of drug-likeness (QED) is 0.826. The van der Waals surface area contributed by atoms with Crippen molar-refractivity contribution in [1.29, 1.82) is 0 Å². The Morgan fingerprint density at radius 2 is 1.89 bits per heavy atom. The molecule has 27 heavy (non-hydrogen) atoms. The molecule has 2 aromatic carbocycles. The standard InChI is InChI=1S/C22H26N2O3/c1-4-16-11-7-8-15(2)21(16)23-20(25)14-24-13-18-10-6-5-9-17(18)12-19(24)22(26)27-3/h5-11,19H,4,12-14H2,1-3H3,(H,23,25)/t19-/m0/s1. The first kappa shape index (κ1) is 19.1. The largest absolute Gasteiger partial charge is 0.468 e. The molecule has 1 heterocycles. The van der Waals surface area contributed by atoms with Crippen LogP contribution < -0.4 is 5.32 Å². The van der Waals surface area contributed by atoms with Crippen LogP contribution in [0.25, 0.3) is 0 Å². The molecule has 1 aliphatic heterocycles. The Labute approximate surface area is 160 Å². The summed E-state index contributed by atoms with van der Waals surface area (Å²) in [6.45, 7) is 4.76. The fourth-order valence-electron chi connectivity index (χ4n) is 3.68. The van der Waals surface area contributed by atoms with Crippen molar-refractivity contribution >= 4 is 17.6 Å². The van der Waals surface area contributed by atoms with Crippen LogP contribution >= 0.6 is 0 Å². The Balaban J connectivity index is 1.78. The van der Waals surface area contributed by atoms with Crippen LogP contribution in [0.4, 0.5) is 5.69 Å². The molecule has 1 aliphatic rings. The second kappa shape index (κ2) is 8.35. The summed E-state index contributed by atoms with van der Waals surface area (Å²) in [6, 6.07) is 13.6. The molecule has 0 aliphatic carbocycles. The number of carbonyl (C=O) groups is 2. The molecule has 0 saturated carbocycles. The Bertz CT molecular complexity index is 847. The van der Waals surface area contributed by atoms with Crippen LogP contribution in [0.3, 0.4) is 0 Å². The molecule has 5 nitrogen and oxygen atoms in total. The van der Waals surface area contributed by atoms with Crippen LogP contribution in [-0.4, -0.2) is 36.5 Å². The number of hydrogen-bond donors (Lipinski definition) is 1. The summed E-state index contributed by atoms with van der Waals surface area (Å²) in [7, 11) is 1.39. The maximum atomic E-state index is 12.8. The normalized spacial score (nSPS) is 16.5. The fourth-order valence-corrected chi connectivity index (χ4v) is 3.68. The number of methoxy groups -OCH3 is 1. The van der Waals surface area contributed by atoms with Crippen molar-refractivity contribution in [3.63, 3.8) is 0 Å². The molecule has 1 atom stereocenters. The summed E-state index contributed by atoms with van der Waals surface area (Å²) >= 11 is 0. The number of rotatable bonds is 5. The Morgan fingerprint density at radius 1 is 1.15 bits per heavy atom. The number of nitrogens with one attached hydrogen (secondary N) is 1. The van der Waals surface area contributed by atoms with Gasteiger partial charge < -0.3 is 10.1 Å². The number of benzene rings is 2. The van der Waals surface area contributed by atoms with Crippen LogP contribution in [0, 0.1) is 6.92 Å². The van der Waals surface area contributed by atoms with Crippen LogP contribution in [0.1, 0.15) is 29.2 Å². The van der Waals surface area contributed by atoms with Gasteiger partial charge in [0, 0.05) is 12.2 Å². The van der Waals surface area contributed by atoms with Crippen LogP contribution in [0.2, 0.25) is 0 Å². The summed E-state index contributed by atoms with van der Waals surface area (Å²) in [5.41, 5.74) is 5.30. The minimum Gasteiger partial charge on any atom is -0.468 e. The Kier molecular flexibility index (Phi) is 5.91. The van der Waals surface area contributed by atoms with Crippen molar-refractivity contribution < 1.29 is 14.3 Å². The first-order valence-electron chi connectivity index (χ1n) is 9.30. The molecule has 2 aromatic rings. The number of ether oxygens (including phenoxy) is 1. The monoisotopic (exact) mass is 366 g/mol. The second-order valence-corrected chi connectivity index (χ2v) is 6.93. The topological polar surface area (TPSA) is 58.6 Å². The molecule has 0 saturated heterocycles. The molecule has 1 N–H and O–H groups in total. The van der Waals surface area contributed by atoms with E-state index in [2.05, 4.69) is 12.2 Å². The first-order valence-corrected chi connectivity index (χ1v) is 9.30. The summed E-state index contributed by atoms with van der Waals surface area (Å²) in [6.07, 6.45) is 1.40. The molecule has 0 aromatic heterocycles. The summed E-state index contributed by atoms with van der Waals surface area (Å²) < 4.78 is 4.98. The number of para-hydroxylation sites is 1. The van der Waals surface area contributed by atoms with Gasteiger partial charge in [-0.2, -0.15) is 0 Å². The van der Waals surface area contributed by atoms with E-state index in [-0.39, 0.29) is 18.4 Å². The molecular weight excluding hydrogens is 340 g/mol. The highest BCUT2D eigenvalue weighted by molar-refractivity contribution is 5.94. The second-order valence-electron chi connectivity index (χ2n) is 6.93. The molecule has 1 amide bonds. The third-order valence-electron chi connectivity index (χ3n) is 5.17. The third-order valence-corrected chi connectivity index (χ3v) is 5.17. The van der Waals surface area contributed by atoms with Gasteiger partial charge in [-0.1, -0.05) is 49.4 Å². The molecule has 3 rings (SSSR count). The van der Waals surface area contributed by atoms with Crippen molar-refractivity contribution in [2.24, 2.45) is 0 Å². The number of esters is 1. The maximum Gasteiger partial charge on any atom is 0.323 e. The van der Waals surface area contributed by atoms with Crippen molar-refractivity contribution in [3.8, 4) is 0 Å². The first-order chi connectivity index (χ1) is 13.0. The number of anilines is 1. The van der Waals surface area contributed by atoms with Crippen molar-refractivity contribution in [3.05, 3.63) is 64.7 Å². The third kappa shape index (κ3) is 4.19. The lowest BCUT2D eigenvalue weighted by molar-refractivity contribution is -0.148. The highest BCUT2D eigenvalue weighted by atomic mass is 16.5. The van der Waals surface area contributed by atoms with Gasteiger partial charge in [0.2, 0.25) is 5.91 Å². The Hall–Kier alpha value is -2.66. The van der Waals surface area contributed by atoms with Crippen LogP contribution in [-0.2, 0) is 33.7 Å². The number of amides is 1. The lowest BCUT2D eigenvalue weighted by Gasteiger charge is -2.34. The SMILES string of the molecule is CCc1cccc(C)c1NC(=O)CN1Cc2ccccc2C[C@H]1C(=O)OC. The lowest BCUT2D eigenvalue weighted by atomic mass is 9.94. The average molecular weight is 366 g/mol. The van der Waals surface area contributed by atoms with Gasteiger partial charge in [-0.15, -0.1) is 0 Å². The number of aryl methyl sites for hydroxylation is 2. The summed E-state index contributed by atoms with van der Waals surface area (Å²) in [5.74, 6) is -0.422. The van der Waals surface area contributed by atoms with Gasteiger partial charge in [0.15, 0.2) is 0 Å². The van der Waals surface area contributed by atoms with Gasteiger partial charge in [-0.3, -0.25) is 14.5 Å². The van der Waals surface area contributed by atoms with Gasteiger partial charge in [0.1, 0.15) is 6.04 Å². The van der Waals surface area contributed by atoms with E-state index in [9.17, 15) is 9.59 Å². The van der Waals surface area contributed by atoms with Gasteiger partial charge in [-0.25, -0.2) is 0 Å². The van der Waals surface area contributed by atoms with E-state index < -0.39 is 6.04 Å². The highest BCUT2D eigenvalue weighted by Gasteiger charge is 2.33. The number of carbonyl (C=O) groups excluding carboxylic acids is 2. The fraction of sp³-hybridized carbons (Fsp3) is 0.364. The van der Waals surface area contributed by atoms with Crippen molar-refractivity contribution in [2.75, 3.05) is 19.0 Å². The lowest BCUT2D eigenvalue weighted by Crippen LogP contribution is -2.49. The van der Waals surface area contributed by atoms with E-state index in [1.807, 2.05) is 54.3 Å². The average Bonchev–Trinajstić information content (AvgIpc) is 2.68. The number of hydrogen-bond acceptors (Lipinski definition) is 4. The van der Waals surface area contributed by atoms with Gasteiger partial charge in [0.25, 0.3) is 0 Å². The van der Waals surface area contributed by atoms with Crippen molar-refractivity contribution in [2.45, 2.75) is 39.3 Å². The predicted molar refractivity (Wildman–Crippen MR) is 106 cm³/mol. The zero-order valence-electron chi connectivity index (χ0n) is 16.1. The molecule has 0 radical (unpaired) electrons. The van der Waals surface area contributed by atoms with Gasteiger partial charge in [-0.05, 0) is 42.0 Å². The summed E-state index contributed by atoms with van der Waals surface area (Å²) in [5, 5.41) is 3.05. The summed E-state index contributed by atoms with van der Waals surface area (Å²) in [4.78, 5) is 26.9. The maximum absolute atomic E-state index is 12.8. The number of fused-ring (bicyclic) bond motifs is 1. The van der Waals surface area contributed by atoms with E-state index in [4.69, 9.17) is 4.74 Å². The van der Waals surface area contributed by atoms with Crippen molar-refractivity contribution in [1.82, 2.24) is 4.90 Å². The minimum absolute atomic E-state index is 0.118. The van der Waals surface area contributed by atoms with Gasteiger partial charge >= 0.3 is 5.97 Å². The van der Waals surface area contributed by atoms with E-state index in [0.29, 0.717) is 13.0 Å². The van der Waals surface area contributed by atoms with E-state index >= 15 is 0 Å². The molecular formula is C22H26N2O3. The van der Waals surface area contributed by atoms with E-state index in [1.54, 1.807) is 0 Å². The minimum atomic E-state index is -0.446.